The highest BCUT2D eigenvalue weighted by atomic mass is 16.2. The molecule has 0 unspecified atom stereocenters. The van der Waals surface area contributed by atoms with Gasteiger partial charge in [0, 0.05) is 13.1 Å². The van der Waals surface area contributed by atoms with Gasteiger partial charge in [0.05, 0.1) is 5.92 Å². The molecule has 1 fully saturated rings. The summed E-state index contributed by atoms with van der Waals surface area (Å²) in [6.07, 6.45) is 0. The number of nitrogens with one attached hydrogen (secondary N) is 2. The number of primary amides is 1. The van der Waals surface area contributed by atoms with Crippen molar-refractivity contribution in [2.45, 2.75) is 0 Å². The van der Waals surface area contributed by atoms with E-state index >= 15 is 0 Å². The molecule has 5 heteroatoms. The molecule has 4 N–H and O–H groups in total. The summed E-state index contributed by atoms with van der Waals surface area (Å²) in [6.45, 7) is 0.697. The zero-order chi connectivity index (χ0) is 7.56. The Hall–Kier alpha value is -1.26. The number of hydrogen-bond acceptors (Lipinski definition) is 2. The molecule has 0 saturated carbocycles. The van der Waals surface area contributed by atoms with Crippen molar-refractivity contribution in [3.05, 3.63) is 0 Å². The van der Waals surface area contributed by atoms with Crippen LogP contribution in [0.2, 0.25) is 0 Å². The predicted molar refractivity (Wildman–Crippen MR) is 34.1 cm³/mol. The summed E-state index contributed by atoms with van der Waals surface area (Å²) >= 11 is 0. The zero-order valence-corrected chi connectivity index (χ0v) is 5.39. The fourth-order valence-electron chi connectivity index (χ4n) is 0.768. The lowest BCUT2D eigenvalue weighted by atomic mass is 10.1. The first-order valence-electron chi connectivity index (χ1n) is 3.01. The maximum atomic E-state index is 10.5. The van der Waals surface area contributed by atoms with E-state index in [4.69, 9.17) is 5.73 Å². The highest BCUT2D eigenvalue weighted by molar-refractivity contribution is 5.81. The molecule has 56 valence electrons. The van der Waals surface area contributed by atoms with Crippen LogP contribution in [0, 0.1) is 5.92 Å². The van der Waals surface area contributed by atoms with Crippen LogP contribution in [0.5, 0.6) is 0 Å². The van der Waals surface area contributed by atoms with Crippen molar-refractivity contribution in [3.8, 4) is 0 Å². The molecule has 1 heterocycles. The minimum absolute atomic E-state index is 0.238. The second kappa shape index (κ2) is 2.55. The van der Waals surface area contributed by atoms with E-state index in [1.165, 1.54) is 0 Å². The van der Waals surface area contributed by atoms with E-state index in [0.29, 0.717) is 13.1 Å². The molecule has 0 aliphatic carbocycles. The minimum atomic E-state index is -0.382. The summed E-state index contributed by atoms with van der Waals surface area (Å²) in [4.78, 5) is 20.9. The van der Waals surface area contributed by atoms with Crippen molar-refractivity contribution in [1.82, 2.24) is 10.6 Å². The Morgan fingerprint density at radius 3 is 2.40 bits per heavy atom. The highest BCUT2D eigenvalue weighted by Gasteiger charge is 2.20. The number of nitrogens with two attached hydrogens (primary N) is 1. The van der Waals surface area contributed by atoms with Crippen LogP contribution in [0.15, 0.2) is 0 Å². The van der Waals surface area contributed by atoms with Gasteiger partial charge in [-0.3, -0.25) is 4.79 Å². The molecule has 0 spiro atoms. The first-order chi connectivity index (χ1) is 4.70. The quantitative estimate of drug-likeness (QED) is 0.413. The topological polar surface area (TPSA) is 84.2 Å². The van der Waals surface area contributed by atoms with Gasteiger partial charge >= 0.3 is 6.03 Å². The van der Waals surface area contributed by atoms with Crippen molar-refractivity contribution in [3.63, 3.8) is 0 Å². The van der Waals surface area contributed by atoms with E-state index in [-0.39, 0.29) is 17.9 Å². The summed E-state index contributed by atoms with van der Waals surface area (Å²) in [6, 6.07) is -0.238. The Morgan fingerprint density at radius 2 is 2.00 bits per heavy atom. The van der Waals surface area contributed by atoms with Crippen LogP contribution in [0.1, 0.15) is 0 Å². The summed E-state index contributed by atoms with van der Waals surface area (Å²) in [5, 5.41) is 4.93. The van der Waals surface area contributed by atoms with Crippen LogP contribution in [0.4, 0.5) is 4.79 Å². The van der Waals surface area contributed by atoms with Crippen molar-refractivity contribution in [2.24, 2.45) is 11.7 Å². The molecular weight excluding hydrogens is 134 g/mol. The van der Waals surface area contributed by atoms with Crippen molar-refractivity contribution in [2.75, 3.05) is 13.1 Å². The molecule has 1 aliphatic heterocycles. The van der Waals surface area contributed by atoms with Gasteiger partial charge in [-0.15, -0.1) is 0 Å². The average Bonchev–Trinajstić information content (AvgIpc) is 1.88. The van der Waals surface area contributed by atoms with E-state index in [0.717, 1.165) is 0 Å². The SMILES string of the molecule is NC(=O)C1CNC(=O)NC1. The van der Waals surface area contributed by atoms with Gasteiger partial charge in [0.2, 0.25) is 5.91 Å². The van der Waals surface area contributed by atoms with Crippen LogP contribution in [0.3, 0.4) is 0 Å². The molecule has 0 radical (unpaired) electrons. The maximum absolute atomic E-state index is 10.5. The lowest BCUT2D eigenvalue weighted by Gasteiger charge is -2.20. The molecule has 5 nitrogen and oxygen atoms in total. The van der Waals surface area contributed by atoms with Gasteiger partial charge in [0.1, 0.15) is 0 Å². The second-order valence-corrected chi connectivity index (χ2v) is 2.19. The van der Waals surface area contributed by atoms with Crippen LogP contribution in [-0.4, -0.2) is 25.0 Å². The van der Waals surface area contributed by atoms with E-state index in [1.54, 1.807) is 0 Å². The fraction of sp³-hybridized carbons (Fsp3) is 0.600. The summed E-state index contributed by atoms with van der Waals surface area (Å²) in [5.41, 5.74) is 4.98. The van der Waals surface area contributed by atoms with Crippen molar-refractivity contribution >= 4 is 11.9 Å². The van der Waals surface area contributed by atoms with E-state index in [2.05, 4.69) is 10.6 Å². The molecule has 1 saturated heterocycles. The van der Waals surface area contributed by atoms with Gasteiger partial charge < -0.3 is 16.4 Å². The van der Waals surface area contributed by atoms with Crippen LogP contribution in [0.25, 0.3) is 0 Å². The largest absolute Gasteiger partial charge is 0.369 e. The minimum Gasteiger partial charge on any atom is -0.369 e. The summed E-state index contributed by atoms with van der Waals surface area (Å²) < 4.78 is 0. The van der Waals surface area contributed by atoms with Crippen molar-refractivity contribution in [1.29, 1.82) is 0 Å². The monoisotopic (exact) mass is 143 g/mol. The van der Waals surface area contributed by atoms with Gasteiger partial charge in [0.15, 0.2) is 0 Å². The Balaban J connectivity index is 2.40. The van der Waals surface area contributed by atoms with Gasteiger partial charge in [-0.25, -0.2) is 4.79 Å². The Kier molecular flexibility index (Phi) is 1.75. The lowest BCUT2D eigenvalue weighted by Crippen LogP contribution is -2.51. The first kappa shape index (κ1) is 6.85. The van der Waals surface area contributed by atoms with Crippen LogP contribution < -0.4 is 16.4 Å². The van der Waals surface area contributed by atoms with E-state index < -0.39 is 0 Å². The predicted octanol–water partition coefficient (Wildman–Crippen LogP) is -1.60. The molecule has 0 aromatic rings. The van der Waals surface area contributed by atoms with E-state index in [9.17, 15) is 9.59 Å². The summed E-state index contributed by atoms with van der Waals surface area (Å²) in [5.74, 6) is -0.648. The molecule has 0 aromatic carbocycles. The van der Waals surface area contributed by atoms with Gasteiger partial charge in [-0.2, -0.15) is 0 Å². The maximum Gasteiger partial charge on any atom is 0.314 e. The normalized spacial score (nSPS) is 19.4. The molecule has 1 aliphatic rings. The molecule has 10 heavy (non-hydrogen) atoms. The number of amides is 3. The summed E-state index contributed by atoms with van der Waals surface area (Å²) in [7, 11) is 0. The van der Waals surface area contributed by atoms with Crippen LogP contribution >= 0.6 is 0 Å². The van der Waals surface area contributed by atoms with E-state index in [1.807, 2.05) is 0 Å². The van der Waals surface area contributed by atoms with Gasteiger partial charge in [-0.05, 0) is 0 Å². The van der Waals surface area contributed by atoms with Crippen LogP contribution in [-0.2, 0) is 4.79 Å². The number of carbonyl (C=O) groups is 2. The lowest BCUT2D eigenvalue weighted by molar-refractivity contribution is -0.121. The molecule has 0 bridgehead atoms. The number of carbonyl (C=O) groups excluding carboxylic acids is 2. The Labute approximate surface area is 58.0 Å². The third-order valence-electron chi connectivity index (χ3n) is 1.42. The smallest absolute Gasteiger partial charge is 0.314 e. The second-order valence-electron chi connectivity index (χ2n) is 2.19. The number of rotatable bonds is 1. The standard InChI is InChI=1S/C5H9N3O2/c6-4(9)3-1-7-5(10)8-2-3/h3H,1-2H2,(H2,6,9)(H2,7,8,10). The molecular formula is C5H9N3O2. The molecule has 0 atom stereocenters. The number of urea groups is 1. The molecule has 0 aromatic heterocycles. The third kappa shape index (κ3) is 1.37. The Bertz CT molecular complexity index is 158. The zero-order valence-electron chi connectivity index (χ0n) is 5.39. The first-order valence-corrected chi connectivity index (χ1v) is 3.01. The van der Waals surface area contributed by atoms with Gasteiger partial charge in [-0.1, -0.05) is 0 Å². The molecule has 3 amide bonds. The Morgan fingerprint density at radius 1 is 1.50 bits per heavy atom. The molecule has 1 rings (SSSR count). The van der Waals surface area contributed by atoms with Gasteiger partial charge in [0.25, 0.3) is 0 Å². The number of hydrogen-bond donors (Lipinski definition) is 3. The third-order valence-corrected chi connectivity index (χ3v) is 1.42. The fourth-order valence-corrected chi connectivity index (χ4v) is 0.768. The van der Waals surface area contributed by atoms with Crippen molar-refractivity contribution < 1.29 is 9.59 Å². The highest BCUT2D eigenvalue weighted by Crippen LogP contribution is 1.94. The average molecular weight is 143 g/mol.